The first kappa shape index (κ1) is 16.3. The van der Waals surface area contributed by atoms with Gasteiger partial charge in [0, 0.05) is 24.6 Å². The van der Waals surface area contributed by atoms with Gasteiger partial charge in [-0.25, -0.2) is 0 Å². The van der Waals surface area contributed by atoms with Crippen molar-refractivity contribution in [2.75, 3.05) is 31.6 Å². The van der Waals surface area contributed by atoms with E-state index < -0.39 is 0 Å². The highest BCUT2D eigenvalue weighted by Gasteiger charge is 2.27. The summed E-state index contributed by atoms with van der Waals surface area (Å²) >= 11 is 0. The van der Waals surface area contributed by atoms with E-state index in [1.807, 2.05) is 32.0 Å². The number of allylic oxidation sites excluding steroid dienone is 1. The van der Waals surface area contributed by atoms with Gasteiger partial charge >= 0.3 is 0 Å². The molecule has 6 heteroatoms. The monoisotopic (exact) mass is 328 g/mol. The van der Waals surface area contributed by atoms with E-state index in [1.165, 1.54) is 6.08 Å². The molecule has 0 atom stereocenters. The van der Waals surface area contributed by atoms with Crippen LogP contribution in [0.5, 0.6) is 0 Å². The van der Waals surface area contributed by atoms with Crippen LogP contribution < -0.4 is 5.32 Å². The molecule has 1 aliphatic rings. The largest absolute Gasteiger partial charge is 0.449 e. The van der Waals surface area contributed by atoms with Gasteiger partial charge in [0.2, 0.25) is 11.7 Å². The number of hydrogen-bond acceptors (Lipinski definition) is 4. The minimum absolute atomic E-state index is 0.161. The number of nitrogens with zero attached hydrogens (tertiary/aromatic N) is 1. The molecule has 0 spiro atoms. The van der Waals surface area contributed by atoms with Crippen LogP contribution in [0.3, 0.4) is 0 Å². The molecule has 1 aromatic carbocycles. The Morgan fingerprint density at radius 2 is 1.88 bits per heavy atom. The Hall–Kier alpha value is -2.60. The van der Waals surface area contributed by atoms with E-state index in [0.717, 1.165) is 5.57 Å². The molecule has 2 heterocycles. The molecule has 0 bridgehead atoms. The summed E-state index contributed by atoms with van der Waals surface area (Å²) in [4.78, 5) is 26.6. The second-order valence-electron chi connectivity index (χ2n) is 5.92. The zero-order valence-corrected chi connectivity index (χ0v) is 13.8. The molecule has 0 radical (unpaired) electrons. The fourth-order valence-corrected chi connectivity index (χ4v) is 2.65. The molecule has 6 nitrogen and oxygen atoms in total. The van der Waals surface area contributed by atoms with Gasteiger partial charge in [-0.1, -0.05) is 17.7 Å². The second-order valence-corrected chi connectivity index (χ2v) is 5.92. The summed E-state index contributed by atoms with van der Waals surface area (Å²) in [5.74, 6) is -0.354. The molecule has 0 aliphatic carbocycles. The highest BCUT2D eigenvalue weighted by molar-refractivity contribution is 6.12. The maximum absolute atomic E-state index is 12.8. The molecule has 1 N–H and O–H groups in total. The molecule has 3 rings (SSSR count). The topological polar surface area (TPSA) is 71.8 Å². The van der Waals surface area contributed by atoms with Gasteiger partial charge in [0.05, 0.1) is 13.2 Å². The van der Waals surface area contributed by atoms with Crippen molar-refractivity contribution in [1.82, 2.24) is 4.90 Å². The molecule has 0 unspecified atom stereocenters. The van der Waals surface area contributed by atoms with Crippen LogP contribution in [0, 0.1) is 0 Å². The summed E-state index contributed by atoms with van der Waals surface area (Å²) in [6.07, 6.45) is 1.49. The first-order chi connectivity index (χ1) is 11.6. The predicted octanol–water partition coefficient (Wildman–Crippen LogP) is 2.81. The van der Waals surface area contributed by atoms with Crippen LogP contribution in [0.25, 0.3) is 11.0 Å². The number of furan rings is 1. The third-order valence-electron chi connectivity index (χ3n) is 3.76. The predicted molar refractivity (Wildman–Crippen MR) is 91.0 cm³/mol. The number of rotatable bonds is 3. The van der Waals surface area contributed by atoms with E-state index in [0.29, 0.717) is 43.0 Å². The van der Waals surface area contributed by atoms with Crippen LogP contribution in [-0.4, -0.2) is 43.0 Å². The summed E-state index contributed by atoms with van der Waals surface area (Å²) in [5, 5.41) is 3.51. The fourth-order valence-electron chi connectivity index (χ4n) is 2.65. The number of ether oxygens (including phenoxy) is 1. The van der Waals surface area contributed by atoms with Gasteiger partial charge in [-0.3, -0.25) is 9.59 Å². The van der Waals surface area contributed by atoms with Gasteiger partial charge < -0.3 is 19.4 Å². The molecule has 1 aliphatic heterocycles. The molecule has 1 saturated heterocycles. The van der Waals surface area contributed by atoms with Crippen molar-refractivity contribution in [1.29, 1.82) is 0 Å². The number of carbonyl (C=O) groups is 2. The number of hydrogen-bond donors (Lipinski definition) is 1. The Kier molecular flexibility index (Phi) is 4.66. The maximum atomic E-state index is 12.8. The van der Waals surface area contributed by atoms with Crippen molar-refractivity contribution >= 4 is 28.5 Å². The number of morpholine rings is 1. The number of fused-ring (bicyclic) bond motifs is 1. The van der Waals surface area contributed by atoms with Crippen molar-refractivity contribution < 1.29 is 18.7 Å². The van der Waals surface area contributed by atoms with E-state index in [2.05, 4.69) is 5.32 Å². The molecule has 2 aromatic rings. The van der Waals surface area contributed by atoms with Crippen LogP contribution in [0.4, 0.5) is 5.69 Å². The fraction of sp³-hybridized carbons (Fsp3) is 0.333. The summed E-state index contributed by atoms with van der Waals surface area (Å²) < 4.78 is 11.0. The highest BCUT2D eigenvalue weighted by Crippen LogP contribution is 2.32. The summed E-state index contributed by atoms with van der Waals surface area (Å²) in [6.45, 7) is 5.71. The molecular formula is C18H20N2O4. The van der Waals surface area contributed by atoms with Crippen LogP contribution in [0.2, 0.25) is 0 Å². The lowest BCUT2D eigenvalue weighted by molar-refractivity contribution is -0.111. The first-order valence-corrected chi connectivity index (χ1v) is 7.90. The molecule has 1 fully saturated rings. The van der Waals surface area contributed by atoms with E-state index >= 15 is 0 Å². The Labute approximate surface area is 140 Å². The Balaban J connectivity index is 1.99. The zero-order valence-electron chi connectivity index (χ0n) is 13.8. The number of carbonyl (C=O) groups excluding carboxylic acids is 2. The molecule has 0 saturated carbocycles. The maximum Gasteiger partial charge on any atom is 0.291 e. The average Bonchev–Trinajstić information content (AvgIpc) is 2.93. The van der Waals surface area contributed by atoms with Gasteiger partial charge in [0.1, 0.15) is 11.3 Å². The van der Waals surface area contributed by atoms with Crippen LogP contribution in [-0.2, 0) is 9.53 Å². The standard InChI is InChI=1S/C18H20N2O4/c1-12(2)11-15(21)19-16-13-5-3-4-6-14(13)24-17(16)18(22)20-7-9-23-10-8-20/h3-6,11H,7-10H2,1-2H3,(H,19,21). The Morgan fingerprint density at radius 1 is 1.17 bits per heavy atom. The van der Waals surface area contributed by atoms with E-state index in [9.17, 15) is 9.59 Å². The molecular weight excluding hydrogens is 308 g/mol. The molecule has 1 aromatic heterocycles. The van der Waals surface area contributed by atoms with Crippen LogP contribution in [0.15, 0.2) is 40.3 Å². The SMILES string of the molecule is CC(C)=CC(=O)Nc1c(C(=O)N2CCOCC2)oc2ccccc12. The van der Waals surface area contributed by atoms with Crippen molar-refractivity contribution in [3.63, 3.8) is 0 Å². The summed E-state index contributed by atoms with van der Waals surface area (Å²) in [6, 6.07) is 7.28. The lowest BCUT2D eigenvalue weighted by Gasteiger charge is -2.26. The smallest absolute Gasteiger partial charge is 0.291 e. The molecule has 2 amide bonds. The van der Waals surface area contributed by atoms with Crippen molar-refractivity contribution in [2.24, 2.45) is 0 Å². The van der Waals surface area contributed by atoms with Crippen LogP contribution >= 0.6 is 0 Å². The number of benzene rings is 1. The average molecular weight is 328 g/mol. The number of amides is 2. The van der Waals surface area contributed by atoms with Gasteiger partial charge in [-0.05, 0) is 26.0 Å². The third-order valence-corrected chi connectivity index (χ3v) is 3.76. The summed E-state index contributed by atoms with van der Waals surface area (Å²) in [5.41, 5.74) is 1.87. The second kappa shape index (κ2) is 6.88. The van der Waals surface area contributed by atoms with E-state index in [4.69, 9.17) is 9.15 Å². The van der Waals surface area contributed by atoms with E-state index in [1.54, 1.807) is 11.0 Å². The Morgan fingerprint density at radius 3 is 2.58 bits per heavy atom. The van der Waals surface area contributed by atoms with E-state index in [-0.39, 0.29) is 17.6 Å². The van der Waals surface area contributed by atoms with Gasteiger partial charge in [-0.2, -0.15) is 0 Å². The lowest BCUT2D eigenvalue weighted by atomic mass is 10.2. The molecule has 24 heavy (non-hydrogen) atoms. The van der Waals surface area contributed by atoms with Gasteiger partial charge in [-0.15, -0.1) is 0 Å². The highest BCUT2D eigenvalue weighted by atomic mass is 16.5. The van der Waals surface area contributed by atoms with Crippen molar-refractivity contribution in [3.8, 4) is 0 Å². The normalized spacial score (nSPS) is 14.5. The van der Waals surface area contributed by atoms with Crippen molar-refractivity contribution in [3.05, 3.63) is 41.7 Å². The minimum atomic E-state index is -0.280. The Bertz CT molecular complexity index is 796. The van der Waals surface area contributed by atoms with Crippen molar-refractivity contribution in [2.45, 2.75) is 13.8 Å². The number of anilines is 1. The first-order valence-electron chi connectivity index (χ1n) is 7.90. The number of nitrogens with one attached hydrogen (secondary N) is 1. The summed E-state index contributed by atoms with van der Waals surface area (Å²) in [7, 11) is 0. The third kappa shape index (κ3) is 3.33. The van der Waals surface area contributed by atoms with Crippen LogP contribution in [0.1, 0.15) is 24.4 Å². The minimum Gasteiger partial charge on any atom is -0.449 e. The zero-order chi connectivity index (χ0) is 17.1. The number of para-hydroxylation sites is 1. The molecule has 126 valence electrons. The lowest BCUT2D eigenvalue weighted by Crippen LogP contribution is -2.40. The van der Waals surface area contributed by atoms with Gasteiger partial charge in [0.15, 0.2) is 0 Å². The van der Waals surface area contributed by atoms with Gasteiger partial charge in [0.25, 0.3) is 5.91 Å². The quantitative estimate of drug-likeness (QED) is 0.880.